The van der Waals surface area contributed by atoms with Crippen LogP contribution in [0.2, 0.25) is 0 Å². The molecule has 180 valence electrons. The number of carbonyl (C=O) groups is 1. The van der Waals surface area contributed by atoms with Gasteiger partial charge < -0.3 is 15.7 Å². The second-order valence-corrected chi connectivity index (χ2v) is 10.2. The molecule has 0 saturated heterocycles. The molecule has 2 aliphatic carbocycles. The molecule has 3 N–H and O–H groups in total. The number of primary amides is 1. The summed E-state index contributed by atoms with van der Waals surface area (Å²) in [6.07, 6.45) is 9.59. The van der Waals surface area contributed by atoms with Crippen molar-refractivity contribution >= 4 is 11.6 Å². The first-order chi connectivity index (χ1) is 16.7. The van der Waals surface area contributed by atoms with E-state index < -0.39 is 5.60 Å². The standard InChI is InChI=1S/C30H31FN2O2/c1-20(28(32)34)26-8-4-3-6-21(26)13-15-30(35)16-14-23-18-27-22(19-29(23,30)2)7-5-17-33(27)25-11-9-24(31)10-12-25/h3-4,6-12,17-18,20,35H,13-16,19H2,1-2H3,(H2,32,34). The summed E-state index contributed by atoms with van der Waals surface area (Å²) in [6.45, 7) is 4.00. The van der Waals surface area contributed by atoms with E-state index in [2.05, 4.69) is 18.7 Å². The van der Waals surface area contributed by atoms with Gasteiger partial charge in [-0.25, -0.2) is 4.39 Å². The number of hydrogen-bond donors (Lipinski definition) is 2. The molecule has 0 radical (unpaired) electrons. The van der Waals surface area contributed by atoms with Gasteiger partial charge in [-0.15, -0.1) is 5.73 Å². The number of hydrogen-bond acceptors (Lipinski definition) is 3. The number of nitrogens with zero attached hydrogens (tertiary/aromatic N) is 1. The molecule has 5 heteroatoms. The van der Waals surface area contributed by atoms with Gasteiger partial charge in [0, 0.05) is 16.8 Å². The number of anilines is 1. The van der Waals surface area contributed by atoms with Crippen molar-refractivity contribution in [2.75, 3.05) is 4.90 Å². The molecule has 3 atom stereocenters. The summed E-state index contributed by atoms with van der Waals surface area (Å²) in [4.78, 5) is 13.9. The fourth-order valence-electron chi connectivity index (χ4n) is 5.96. The molecule has 1 saturated carbocycles. The molecule has 2 aromatic carbocycles. The predicted molar refractivity (Wildman–Crippen MR) is 136 cm³/mol. The normalized spacial score (nSPS) is 25.8. The van der Waals surface area contributed by atoms with Crippen LogP contribution in [0.5, 0.6) is 0 Å². The Kier molecular flexibility index (Phi) is 5.79. The molecule has 1 aliphatic heterocycles. The molecular formula is C30H31FN2O2. The fraction of sp³-hybridized carbons (Fsp3) is 0.333. The number of halogens is 1. The molecule has 1 fully saturated rings. The van der Waals surface area contributed by atoms with Gasteiger partial charge in [-0.05, 0) is 92.1 Å². The molecule has 5 rings (SSSR count). The Bertz CT molecular complexity index is 1300. The molecule has 3 aliphatic rings. The molecular weight excluding hydrogens is 439 g/mol. The van der Waals surface area contributed by atoms with Crippen molar-refractivity contribution in [3.8, 4) is 0 Å². The third kappa shape index (κ3) is 3.95. The Labute approximate surface area is 206 Å². The second-order valence-electron chi connectivity index (χ2n) is 10.2. The molecule has 0 bridgehead atoms. The summed E-state index contributed by atoms with van der Waals surface area (Å²) in [5, 5.41) is 12.0. The summed E-state index contributed by atoms with van der Waals surface area (Å²) < 4.78 is 13.5. The number of rotatable bonds is 6. The lowest BCUT2D eigenvalue weighted by Crippen LogP contribution is -2.45. The van der Waals surface area contributed by atoms with Gasteiger partial charge in [0.2, 0.25) is 5.91 Å². The summed E-state index contributed by atoms with van der Waals surface area (Å²) in [5.74, 6) is -0.972. The van der Waals surface area contributed by atoms with Crippen LogP contribution >= 0.6 is 0 Å². The van der Waals surface area contributed by atoms with Gasteiger partial charge in [-0.3, -0.25) is 4.79 Å². The zero-order valence-corrected chi connectivity index (χ0v) is 20.2. The number of benzene rings is 2. The van der Waals surface area contributed by atoms with E-state index >= 15 is 0 Å². The van der Waals surface area contributed by atoms with Crippen LogP contribution in [-0.4, -0.2) is 16.6 Å². The van der Waals surface area contributed by atoms with Gasteiger partial charge in [-0.2, -0.15) is 0 Å². The molecule has 1 amide bonds. The van der Waals surface area contributed by atoms with Crippen LogP contribution in [-0.2, 0) is 11.2 Å². The quantitative estimate of drug-likeness (QED) is 0.536. The van der Waals surface area contributed by atoms with Gasteiger partial charge in [0.1, 0.15) is 5.82 Å². The first-order valence-electron chi connectivity index (χ1n) is 12.2. The summed E-state index contributed by atoms with van der Waals surface area (Å²) >= 11 is 0. The zero-order valence-electron chi connectivity index (χ0n) is 20.2. The summed E-state index contributed by atoms with van der Waals surface area (Å²) in [5.41, 5.74) is 13.9. The van der Waals surface area contributed by atoms with E-state index in [0.717, 1.165) is 34.5 Å². The minimum Gasteiger partial charge on any atom is -0.389 e. The minimum atomic E-state index is -0.865. The predicted octanol–water partition coefficient (Wildman–Crippen LogP) is 5.65. The van der Waals surface area contributed by atoms with E-state index in [4.69, 9.17) is 5.73 Å². The zero-order chi connectivity index (χ0) is 24.8. The first-order valence-corrected chi connectivity index (χ1v) is 12.2. The number of amides is 1. The topological polar surface area (TPSA) is 66.6 Å². The van der Waals surface area contributed by atoms with Crippen molar-refractivity contribution in [1.29, 1.82) is 0 Å². The van der Waals surface area contributed by atoms with Crippen molar-refractivity contribution in [2.45, 2.75) is 57.5 Å². The van der Waals surface area contributed by atoms with Gasteiger partial charge in [0.25, 0.3) is 0 Å². The first kappa shape index (κ1) is 23.3. The van der Waals surface area contributed by atoms with Gasteiger partial charge in [-0.1, -0.05) is 36.8 Å². The molecule has 4 nitrogen and oxygen atoms in total. The number of aliphatic hydroxyl groups is 1. The average molecular weight is 471 g/mol. The number of carbonyl (C=O) groups excluding carboxylic acids is 1. The van der Waals surface area contributed by atoms with Crippen molar-refractivity contribution in [3.63, 3.8) is 0 Å². The van der Waals surface area contributed by atoms with E-state index in [-0.39, 0.29) is 23.1 Å². The van der Waals surface area contributed by atoms with E-state index in [1.54, 1.807) is 12.1 Å². The number of fused-ring (bicyclic) bond motifs is 1. The molecule has 1 heterocycles. The van der Waals surface area contributed by atoms with Crippen molar-refractivity contribution in [1.82, 2.24) is 0 Å². The monoisotopic (exact) mass is 470 g/mol. The number of aryl methyl sites for hydroxylation is 1. The molecule has 0 aromatic heterocycles. The highest BCUT2D eigenvalue weighted by Crippen LogP contribution is 2.58. The van der Waals surface area contributed by atoms with Crippen LogP contribution in [0.25, 0.3) is 0 Å². The van der Waals surface area contributed by atoms with Gasteiger partial charge in [0.15, 0.2) is 0 Å². The van der Waals surface area contributed by atoms with Crippen LogP contribution in [0.4, 0.5) is 10.1 Å². The van der Waals surface area contributed by atoms with Crippen molar-refractivity contribution in [3.05, 3.63) is 106 Å². The van der Waals surface area contributed by atoms with E-state index in [1.807, 2.05) is 48.4 Å². The third-order valence-corrected chi connectivity index (χ3v) is 8.31. The highest BCUT2D eigenvalue weighted by Gasteiger charge is 2.54. The lowest BCUT2D eigenvalue weighted by molar-refractivity contribution is -0.119. The van der Waals surface area contributed by atoms with Gasteiger partial charge >= 0.3 is 0 Å². The van der Waals surface area contributed by atoms with Crippen molar-refractivity contribution in [2.24, 2.45) is 11.1 Å². The highest BCUT2D eigenvalue weighted by atomic mass is 19.1. The third-order valence-electron chi connectivity index (χ3n) is 8.31. The number of nitrogens with two attached hydrogens (primary N) is 1. The Balaban J connectivity index is 1.41. The largest absolute Gasteiger partial charge is 0.389 e. The maximum atomic E-state index is 13.5. The maximum absolute atomic E-state index is 13.5. The molecule has 35 heavy (non-hydrogen) atoms. The fourth-order valence-corrected chi connectivity index (χ4v) is 5.96. The second kappa shape index (κ2) is 8.67. The summed E-state index contributed by atoms with van der Waals surface area (Å²) in [6, 6.07) is 14.4. The van der Waals surface area contributed by atoms with Gasteiger partial charge in [0.05, 0.1) is 17.7 Å². The van der Waals surface area contributed by atoms with E-state index in [1.165, 1.54) is 17.7 Å². The van der Waals surface area contributed by atoms with E-state index in [9.17, 15) is 14.3 Å². The minimum absolute atomic E-state index is 0.262. The van der Waals surface area contributed by atoms with Crippen LogP contribution < -0.4 is 10.6 Å². The Hall–Kier alpha value is -3.40. The van der Waals surface area contributed by atoms with Crippen molar-refractivity contribution < 1.29 is 14.3 Å². The smallest absolute Gasteiger partial charge is 0.224 e. The van der Waals surface area contributed by atoms with Crippen LogP contribution in [0.15, 0.2) is 89.5 Å². The number of allylic oxidation sites excluding steroid dienone is 3. The molecule has 3 unspecified atom stereocenters. The Morgan fingerprint density at radius 2 is 1.97 bits per heavy atom. The summed E-state index contributed by atoms with van der Waals surface area (Å²) in [7, 11) is 0. The van der Waals surface area contributed by atoms with Crippen LogP contribution in [0.1, 0.15) is 56.6 Å². The average Bonchev–Trinajstić information content (AvgIpc) is 3.11. The van der Waals surface area contributed by atoms with Crippen LogP contribution in [0, 0.1) is 11.2 Å². The maximum Gasteiger partial charge on any atom is 0.224 e. The molecule has 0 spiro atoms. The Morgan fingerprint density at radius 1 is 1.23 bits per heavy atom. The lowest BCUT2D eigenvalue weighted by Gasteiger charge is -2.44. The van der Waals surface area contributed by atoms with Crippen LogP contribution in [0.3, 0.4) is 0 Å². The highest BCUT2D eigenvalue weighted by molar-refractivity contribution is 5.81. The molecule has 2 aromatic rings. The van der Waals surface area contributed by atoms with E-state index in [0.29, 0.717) is 25.7 Å². The Morgan fingerprint density at radius 3 is 2.71 bits per heavy atom. The SMILES string of the molecule is CC(C(N)=O)c1ccccc1CCC1(O)CCC2=CC3=C(C=C=CN3c3ccc(F)cc3)CC21C. The lowest BCUT2D eigenvalue weighted by atomic mass is 9.65.